The average molecular weight is 222 g/mol. The van der Waals surface area contributed by atoms with Crippen LogP contribution in [-0.4, -0.2) is 24.2 Å². The second kappa shape index (κ2) is 3.09. The molecule has 0 saturated heterocycles. The van der Waals surface area contributed by atoms with E-state index in [0.717, 1.165) is 6.42 Å². The smallest absolute Gasteiger partial charge is 0.310 e. The van der Waals surface area contributed by atoms with E-state index in [0.29, 0.717) is 11.8 Å². The Morgan fingerprint density at radius 3 is 2.25 bits per heavy atom. The molecule has 4 aliphatic rings. The lowest BCUT2D eigenvalue weighted by Crippen LogP contribution is -2.46. The number of allylic oxidation sites excluding steroid dienone is 2. The number of methoxy groups -OCH3 is 1. The zero-order valence-electron chi connectivity index (χ0n) is 9.00. The van der Waals surface area contributed by atoms with Gasteiger partial charge in [0, 0.05) is 0 Å². The molecule has 1 N–H and O–H groups in total. The van der Waals surface area contributed by atoms with Gasteiger partial charge >= 0.3 is 11.9 Å². The third-order valence-electron chi connectivity index (χ3n) is 4.41. The number of carboxylic acid groups (broad SMARTS) is 1. The van der Waals surface area contributed by atoms with Crippen molar-refractivity contribution in [2.45, 2.75) is 6.42 Å². The molecule has 4 unspecified atom stereocenters. The Labute approximate surface area is 93.3 Å². The molecule has 0 aromatic rings. The second-order valence-corrected chi connectivity index (χ2v) is 5.02. The lowest BCUT2D eigenvalue weighted by molar-refractivity contribution is -0.162. The minimum atomic E-state index is -0.861. The standard InChI is InChI=1S/C12H14O4/c1-16-12(15)10-6-3-2-5(7-4-8(6)7)9(10)11(13)14/h2-3,5-10H,4H2,1H3,(H,13,14)/t5?,6?,7?,8?,9-,10+/m0/s1. The first-order chi connectivity index (χ1) is 7.65. The first kappa shape index (κ1) is 9.87. The molecule has 0 amide bonds. The van der Waals surface area contributed by atoms with Gasteiger partial charge < -0.3 is 9.84 Å². The van der Waals surface area contributed by atoms with Crippen LogP contribution < -0.4 is 0 Å². The van der Waals surface area contributed by atoms with Crippen LogP contribution >= 0.6 is 0 Å². The topological polar surface area (TPSA) is 63.6 Å². The van der Waals surface area contributed by atoms with Crippen molar-refractivity contribution < 1.29 is 19.4 Å². The Morgan fingerprint density at radius 2 is 1.75 bits per heavy atom. The largest absolute Gasteiger partial charge is 0.481 e. The van der Waals surface area contributed by atoms with Gasteiger partial charge in [0.2, 0.25) is 0 Å². The van der Waals surface area contributed by atoms with E-state index in [2.05, 4.69) is 0 Å². The van der Waals surface area contributed by atoms with Crippen LogP contribution in [-0.2, 0) is 14.3 Å². The van der Waals surface area contributed by atoms with Crippen LogP contribution in [0.3, 0.4) is 0 Å². The molecule has 0 radical (unpaired) electrons. The Balaban J connectivity index is 1.98. The van der Waals surface area contributed by atoms with Gasteiger partial charge in [-0.25, -0.2) is 0 Å². The normalized spacial score (nSPS) is 47.3. The summed E-state index contributed by atoms with van der Waals surface area (Å²) in [6.07, 6.45) is 5.09. The first-order valence-corrected chi connectivity index (χ1v) is 5.64. The summed E-state index contributed by atoms with van der Waals surface area (Å²) < 4.78 is 4.75. The number of ether oxygens (including phenoxy) is 1. The molecule has 0 aliphatic heterocycles. The summed E-state index contributed by atoms with van der Waals surface area (Å²) in [7, 11) is 1.33. The molecular formula is C12H14O4. The van der Waals surface area contributed by atoms with Gasteiger partial charge in [-0.2, -0.15) is 0 Å². The van der Waals surface area contributed by atoms with Gasteiger partial charge in [0.1, 0.15) is 0 Å². The van der Waals surface area contributed by atoms with Crippen LogP contribution in [0.5, 0.6) is 0 Å². The average Bonchev–Trinajstić information content (AvgIpc) is 3.08. The summed E-state index contributed by atoms with van der Waals surface area (Å²) in [4.78, 5) is 23.0. The van der Waals surface area contributed by atoms with Gasteiger partial charge in [-0.05, 0) is 30.1 Å². The van der Waals surface area contributed by atoms with Crippen LogP contribution in [0.1, 0.15) is 6.42 Å². The number of aliphatic carboxylic acids is 1. The van der Waals surface area contributed by atoms with Gasteiger partial charge in [-0.3, -0.25) is 9.59 Å². The highest BCUT2D eigenvalue weighted by atomic mass is 16.5. The molecule has 0 heterocycles. The van der Waals surface area contributed by atoms with Crippen LogP contribution in [0, 0.1) is 35.5 Å². The Bertz CT molecular complexity index is 386. The Hall–Kier alpha value is -1.32. The number of hydrogen-bond acceptors (Lipinski definition) is 3. The molecule has 4 rings (SSSR count). The predicted molar refractivity (Wildman–Crippen MR) is 54.3 cm³/mol. The molecule has 4 nitrogen and oxygen atoms in total. The maximum absolute atomic E-state index is 11.7. The van der Waals surface area contributed by atoms with E-state index in [4.69, 9.17) is 4.74 Å². The minimum absolute atomic E-state index is 0.0385. The summed E-state index contributed by atoms with van der Waals surface area (Å²) >= 11 is 0. The molecule has 0 aromatic carbocycles. The molecule has 0 spiro atoms. The maximum atomic E-state index is 11.7. The number of fused-ring (bicyclic) bond motifs is 1. The maximum Gasteiger partial charge on any atom is 0.310 e. The van der Waals surface area contributed by atoms with Crippen LogP contribution in [0.4, 0.5) is 0 Å². The van der Waals surface area contributed by atoms with Crippen LogP contribution in [0.25, 0.3) is 0 Å². The number of rotatable bonds is 2. The lowest BCUT2D eigenvalue weighted by atomic mass is 9.62. The van der Waals surface area contributed by atoms with E-state index in [1.54, 1.807) is 0 Å². The van der Waals surface area contributed by atoms with Gasteiger partial charge in [0.05, 0.1) is 18.9 Å². The fourth-order valence-corrected chi connectivity index (χ4v) is 3.67. The Kier molecular flexibility index (Phi) is 1.91. The molecule has 4 heteroatoms. The minimum Gasteiger partial charge on any atom is -0.481 e. The van der Waals surface area contributed by atoms with Crippen molar-refractivity contribution in [2.24, 2.45) is 35.5 Å². The van der Waals surface area contributed by atoms with Crippen molar-refractivity contribution in [2.75, 3.05) is 7.11 Å². The Morgan fingerprint density at radius 1 is 1.19 bits per heavy atom. The number of carboxylic acids is 1. The fourth-order valence-electron chi connectivity index (χ4n) is 3.67. The molecule has 6 atom stereocenters. The number of carbonyl (C=O) groups is 2. The van der Waals surface area contributed by atoms with Crippen molar-refractivity contribution in [3.8, 4) is 0 Å². The summed E-state index contributed by atoms with van der Waals surface area (Å²) in [6.45, 7) is 0. The van der Waals surface area contributed by atoms with Crippen molar-refractivity contribution in [3.05, 3.63) is 12.2 Å². The first-order valence-electron chi connectivity index (χ1n) is 5.64. The van der Waals surface area contributed by atoms with Crippen molar-refractivity contribution in [3.63, 3.8) is 0 Å². The van der Waals surface area contributed by atoms with Gasteiger partial charge in [0.25, 0.3) is 0 Å². The summed E-state index contributed by atoms with van der Waals surface area (Å²) in [5.41, 5.74) is 0. The summed E-state index contributed by atoms with van der Waals surface area (Å²) in [6, 6.07) is 0. The fraction of sp³-hybridized carbons (Fsp3) is 0.667. The molecular weight excluding hydrogens is 208 g/mol. The third-order valence-corrected chi connectivity index (χ3v) is 4.41. The molecule has 0 aromatic heterocycles. The van der Waals surface area contributed by atoms with Crippen molar-refractivity contribution in [1.82, 2.24) is 0 Å². The van der Waals surface area contributed by atoms with Crippen LogP contribution in [0.2, 0.25) is 0 Å². The van der Waals surface area contributed by atoms with Gasteiger partial charge in [-0.1, -0.05) is 12.2 Å². The van der Waals surface area contributed by atoms with E-state index in [-0.39, 0.29) is 17.8 Å². The van der Waals surface area contributed by atoms with E-state index in [1.807, 2.05) is 12.2 Å². The molecule has 2 bridgehead atoms. The molecule has 4 aliphatic carbocycles. The third kappa shape index (κ3) is 1.10. The van der Waals surface area contributed by atoms with Gasteiger partial charge in [0.15, 0.2) is 0 Å². The van der Waals surface area contributed by atoms with Gasteiger partial charge in [-0.15, -0.1) is 0 Å². The SMILES string of the molecule is COC(=O)[C@@H]1C2C=CC(C3CC32)[C@@H]1C(=O)O. The second-order valence-electron chi connectivity index (χ2n) is 5.02. The number of carbonyl (C=O) groups excluding carboxylic acids is 1. The zero-order chi connectivity index (χ0) is 11.4. The number of hydrogen-bond donors (Lipinski definition) is 1. The number of esters is 1. The highest BCUT2D eigenvalue weighted by molar-refractivity contribution is 5.83. The molecule has 2 saturated carbocycles. The van der Waals surface area contributed by atoms with E-state index in [9.17, 15) is 14.7 Å². The van der Waals surface area contributed by atoms with E-state index >= 15 is 0 Å². The monoisotopic (exact) mass is 222 g/mol. The lowest BCUT2D eigenvalue weighted by Gasteiger charge is -2.40. The summed E-state index contributed by atoms with van der Waals surface area (Å²) in [5, 5.41) is 9.27. The van der Waals surface area contributed by atoms with E-state index in [1.165, 1.54) is 7.11 Å². The molecule has 16 heavy (non-hydrogen) atoms. The zero-order valence-corrected chi connectivity index (χ0v) is 9.00. The molecule has 2 fully saturated rings. The quantitative estimate of drug-likeness (QED) is 0.557. The van der Waals surface area contributed by atoms with Crippen LogP contribution in [0.15, 0.2) is 12.2 Å². The molecule has 86 valence electrons. The van der Waals surface area contributed by atoms with Crippen molar-refractivity contribution >= 4 is 11.9 Å². The van der Waals surface area contributed by atoms with E-state index < -0.39 is 17.8 Å². The van der Waals surface area contributed by atoms with Crippen molar-refractivity contribution in [1.29, 1.82) is 0 Å². The summed E-state index contributed by atoms with van der Waals surface area (Å²) in [5.74, 6) is -1.13. The predicted octanol–water partition coefficient (Wildman–Crippen LogP) is 0.928. The highest BCUT2D eigenvalue weighted by Gasteiger charge is 2.63. The highest BCUT2D eigenvalue weighted by Crippen LogP contribution is 2.63.